The van der Waals surface area contributed by atoms with Gasteiger partial charge in [0.15, 0.2) is 0 Å². The Morgan fingerprint density at radius 3 is 1.88 bits per heavy atom. The van der Waals surface area contributed by atoms with E-state index in [0.29, 0.717) is 13.0 Å². The topological polar surface area (TPSA) is 84.2 Å². The molecule has 0 rings (SSSR count). The smallest absolute Gasteiger partial charge is 0.277 e. The highest BCUT2D eigenvalue weighted by molar-refractivity contribution is 7.87. The van der Waals surface area contributed by atoms with Gasteiger partial charge in [0, 0.05) is 11.6 Å². The van der Waals surface area contributed by atoms with Crippen LogP contribution >= 0.6 is 0 Å². The van der Waals surface area contributed by atoms with Crippen LogP contribution in [0.25, 0.3) is 0 Å². The maximum absolute atomic E-state index is 11.9. The molecular formula is C11H27N3O2S. The summed E-state index contributed by atoms with van der Waals surface area (Å²) in [6, 6.07) is -0.174. The van der Waals surface area contributed by atoms with Crippen LogP contribution in [0.5, 0.6) is 0 Å². The summed E-state index contributed by atoms with van der Waals surface area (Å²) in [5, 5.41) is 0. The second-order valence-corrected chi connectivity index (χ2v) is 7.92. The van der Waals surface area contributed by atoms with Crippen LogP contribution in [-0.2, 0) is 10.2 Å². The van der Waals surface area contributed by atoms with Crippen molar-refractivity contribution in [2.75, 3.05) is 6.54 Å². The molecule has 4 N–H and O–H groups in total. The number of rotatable bonds is 5. The molecule has 0 aromatic heterocycles. The van der Waals surface area contributed by atoms with Crippen molar-refractivity contribution in [3.8, 4) is 0 Å². The molecule has 0 aliphatic carbocycles. The van der Waals surface area contributed by atoms with Crippen molar-refractivity contribution in [3.63, 3.8) is 0 Å². The molecule has 1 atom stereocenters. The third-order valence-corrected chi connectivity index (χ3v) is 3.71. The first kappa shape index (κ1) is 16.8. The monoisotopic (exact) mass is 265 g/mol. The van der Waals surface area contributed by atoms with Crippen molar-refractivity contribution in [1.82, 2.24) is 9.44 Å². The largest absolute Gasteiger partial charge is 0.330 e. The van der Waals surface area contributed by atoms with E-state index in [2.05, 4.69) is 9.44 Å². The second kappa shape index (κ2) is 5.65. The first-order chi connectivity index (χ1) is 7.37. The van der Waals surface area contributed by atoms with Gasteiger partial charge in [-0.15, -0.1) is 0 Å². The average molecular weight is 265 g/mol. The van der Waals surface area contributed by atoms with Gasteiger partial charge in [-0.1, -0.05) is 20.8 Å². The molecule has 0 aromatic rings. The van der Waals surface area contributed by atoms with Gasteiger partial charge in [0.1, 0.15) is 0 Å². The van der Waals surface area contributed by atoms with Crippen LogP contribution in [0.3, 0.4) is 0 Å². The highest BCUT2D eigenvalue weighted by atomic mass is 32.2. The van der Waals surface area contributed by atoms with Crippen molar-refractivity contribution in [3.05, 3.63) is 0 Å². The van der Waals surface area contributed by atoms with Crippen molar-refractivity contribution < 1.29 is 8.42 Å². The van der Waals surface area contributed by atoms with E-state index in [9.17, 15) is 8.42 Å². The molecule has 0 aliphatic rings. The van der Waals surface area contributed by atoms with Gasteiger partial charge in [0.25, 0.3) is 10.2 Å². The minimum atomic E-state index is -3.50. The van der Waals surface area contributed by atoms with E-state index in [1.165, 1.54) is 0 Å². The quantitative estimate of drug-likeness (QED) is 0.692. The summed E-state index contributed by atoms with van der Waals surface area (Å²) in [5.41, 5.74) is 4.87. The van der Waals surface area contributed by atoms with E-state index in [-0.39, 0.29) is 11.5 Å². The summed E-state index contributed by atoms with van der Waals surface area (Å²) in [5.74, 6) is 0. The molecule has 0 fully saturated rings. The Balaban J connectivity index is 4.77. The highest BCUT2D eigenvalue weighted by Gasteiger charge is 2.29. The first-order valence-corrected chi connectivity index (χ1v) is 7.37. The fourth-order valence-electron chi connectivity index (χ4n) is 1.46. The normalized spacial score (nSPS) is 15.9. The molecule has 5 nitrogen and oxygen atoms in total. The van der Waals surface area contributed by atoms with E-state index < -0.39 is 15.7 Å². The predicted octanol–water partition coefficient (Wildman–Crippen LogP) is 0.972. The number of hydrogen-bond donors (Lipinski definition) is 3. The summed E-state index contributed by atoms with van der Waals surface area (Å²) in [7, 11) is -3.50. The van der Waals surface area contributed by atoms with Crippen LogP contribution in [0.4, 0.5) is 0 Å². The number of hydrogen-bond acceptors (Lipinski definition) is 3. The summed E-state index contributed by atoms with van der Waals surface area (Å²) < 4.78 is 29.1. The van der Waals surface area contributed by atoms with E-state index >= 15 is 0 Å². The van der Waals surface area contributed by atoms with Gasteiger partial charge in [-0.3, -0.25) is 0 Å². The molecule has 17 heavy (non-hydrogen) atoms. The van der Waals surface area contributed by atoms with Crippen molar-refractivity contribution in [2.24, 2.45) is 11.1 Å². The zero-order valence-electron chi connectivity index (χ0n) is 11.8. The minimum absolute atomic E-state index is 0.161. The third kappa shape index (κ3) is 7.70. The van der Waals surface area contributed by atoms with Crippen molar-refractivity contribution in [1.29, 1.82) is 0 Å². The summed E-state index contributed by atoms with van der Waals surface area (Å²) in [4.78, 5) is 0. The van der Waals surface area contributed by atoms with Crippen molar-refractivity contribution >= 4 is 10.2 Å². The molecule has 0 bridgehead atoms. The molecule has 0 spiro atoms. The summed E-state index contributed by atoms with van der Waals surface area (Å²) in [6.07, 6.45) is 0.620. The molecule has 6 heteroatoms. The molecule has 0 saturated carbocycles. The molecule has 104 valence electrons. The lowest BCUT2D eigenvalue weighted by Gasteiger charge is -2.32. The minimum Gasteiger partial charge on any atom is -0.330 e. The fraction of sp³-hybridized carbons (Fsp3) is 1.00. The lowest BCUT2D eigenvalue weighted by Crippen LogP contribution is -2.53. The highest BCUT2D eigenvalue weighted by Crippen LogP contribution is 2.22. The SMILES string of the molecule is CC(C)(C)NS(=O)(=O)NC(CCN)C(C)(C)C. The maximum atomic E-state index is 11.9. The standard InChI is InChI=1S/C11H27N3O2S/c1-10(2,3)9(7-8-12)13-17(15,16)14-11(4,5)6/h9,13-14H,7-8,12H2,1-6H3. The molecular weight excluding hydrogens is 238 g/mol. The molecule has 1 unspecified atom stereocenters. The fourth-order valence-corrected chi connectivity index (χ4v) is 3.17. The van der Waals surface area contributed by atoms with Gasteiger partial charge in [0.05, 0.1) is 0 Å². The van der Waals surface area contributed by atoms with E-state index in [0.717, 1.165) is 0 Å². The number of nitrogens with two attached hydrogens (primary N) is 1. The Bertz CT molecular complexity index is 326. The van der Waals surface area contributed by atoms with Crippen molar-refractivity contribution in [2.45, 2.75) is 59.5 Å². The summed E-state index contributed by atoms with van der Waals surface area (Å²) >= 11 is 0. The molecule has 0 aliphatic heterocycles. The van der Waals surface area contributed by atoms with Crippen LogP contribution in [0.2, 0.25) is 0 Å². The van der Waals surface area contributed by atoms with Crippen LogP contribution in [0.1, 0.15) is 48.0 Å². The third-order valence-electron chi connectivity index (χ3n) is 2.24. The molecule has 0 saturated heterocycles. The van der Waals surface area contributed by atoms with Gasteiger partial charge in [-0.2, -0.15) is 17.9 Å². The van der Waals surface area contributed by atoms with E-state index in [1.807, 2.05) is 20.8 Å². The average Bonchev–Trinajstić information content (AvgIpc) is 1.96. The van der Waals surface area contributed by atoms with Gasteiger partial charge in [-0.25, -0.2) is 0 Å². The van der Waals surface area contributed by atoms with Gasteiger partial charge < -0.3 is 5.73 Å². The Hall–Kier alpha value is -0.170. The maximum Gasteiger partial charge on any atom is 0.277 e. The van der Waals surface area contributed by atoms with Crippen LogP contribution in [-0.4, -0.2) is 26.5 Å². The molecule has 0 aromatic carbocycles. The Labute approximate surface area is 106 Å². The Morgan fingerprint density at radius 2 is 1.59 bits per heavy atom. The predicted molar refractivity (Wildman–Crippen MR) is 71.9 cm³/mol. The van der Waals surface area contributed by atoms with E-state index in [1.54, 1.807) is 20.8 Å². The van der Waals surface area contributed by atoms with Gasteiger partial charge in [-0.05, 0) is 39.2 Å². The zero-order chi connectivity index (χ0) is 13.9. The summed E-state index contributed by atoms with van der Waals surface area (Å²) in [6.45, 7) is 11.9. The van der Waals surface area contributed by atoms with E-state index in [4.69, 9.17) is 5.73 Å². The van der Waals surface area contributed by atoms with Crippen LogP contribution in [0, 0.1) is 5.41 Å². The van der Waals surface area contributed by atoms with Crippen LogP contribution < -0.4 is 15.2 Å². The second-order valence-electron chi connectivity index (χ2n) is 6.47. The molecule has 0 radical (unpaired) electrons. The first-order valence-electron chi connectivity index (χ1n) is 5.89. The lowest BCUT2D eigenvalue weighted by molar-refractivity contribution is 0.285. The van der Waals surface area contributed by atoms with Gasteiger partial charge in [0.2, 0.25) is 0 Å². The Morgan fingerprint density at radius 1 is 1.12 bits per heavy atom. The number of nitrogens with one attached hydrogen (secondary N) is 2. The van der Waals surface area contributed by atoms with Gasteiger partial charge >= 0.3 is 0 Å². The van der Waals surface area contributed by atoms with Crippen LogP contribution in [0.15, 0.2) is 0 Å². The lowest BCUT2D eigenvalue weighted by atomic mass is 9.85. The molecule has 0 amide bonds. The Kier molecular flexibility index (Phi) is 5.59. The molecule has 0 heterocycles. The zero-order valence-corrected chi connectivity index (χ0v) is 12.6.